The van der Waals surface area contributed by atoms with Crippen molar-refractivity contribution in [2.24, 2.45) is 0 Å². The topological polar surface area (TPSA) is 15.8 Å². The Morgan fingerprint density at radius 2 is 2.29 bits per heavy atom. The van der Waals surface area contributed by atoms with Crippen molar-refractivity contribution in [1.82, 2.24) is 4.90 Å². The van der Waals surface area contributed by atoms with E-state index in [2.05, 4.69) is 18.1 Å². The van der Waals surface area contributed by atoms with Gasteiger partial charge in [0.15, 0.2) is 0 Å². The van der Waals surface area contributed by atoms with Gasteiger partial charge in [-0.05, 0) is 12.0 Å². The molecule has 0 bridgehead atoms. The van der Waals surface area contributed by atoms with E-state index in [1.807, 2.05) is 18.2 Å². The zero-order valence-corrected chi connectivity index (χ0v) is 8.48. The largest absolute Gasteiger partial charge is 0.368 e. The highest BCUT2D eigenvalue weighted by molar-refractivity contribution is 5.22. The maximum absolute atomic E-state index is 5.48. The van der Waals surface area contributed by atoms with Gasteiger partial charge in [0, 0.05) is 19.6 Å². The lowest BCUT2D eigenvalue weighted by atomic mass is 10.1. The number of ether oxygens (including phenoxy) is 1. The number of fused-ring (bicyclic) bond motifs is 1. The molecule has 2 rings (SSSR count). The summed E-state index contributed by atoms with van der Waals surface area (Å²) >= 11 is 0. The number of likely N-dealkylation sites (tertiary alicyclic amines) is 1. The number of piperidine rings is 1. The van der Waals surface area contributed by atoms with Crippen molar-refractivity contribution >= 4 is 0 Å². The van der Waals surface area contributed by atoms with Gasteiger partial charge in [0.05, 0.1) is 12.2 Å². The molecule has 0 N–H and O–H groups in total. The smallest absolute Gasteiger partial charge is 0.0969 e. The molecule has 2 heteroatoms. The molecule has 76 valence electrons. The second kappa shape index (κ2) is 4.11. The van der Waals surface area contributed by atoms with Crippen LogP contribution in [0.4, 0.5) is 0 Å². The van der Waals surface area contributed by atoms with Crippen molar-refractivity contribution in [3.05, 3.63) is 37.0 Å². The van der Waals surface area contributed by atoms with E-state index in [4.69, 9.17) is 4.74 Å². The highest BCUT2D eigenvalue weighted by Crippen LogP contribution is 2.30. The zero-order valence-electron chi connectivity index (χ0n) is 8.48. The molecule has 0 aliphatic carbocycles. The molecule has 2 unspecified atom stereocenters. The molecule has 0 amide bonds. The lowest BCUT2D eigenvalue weighted by Gasteiger charge is -2.24. The van der Waals surface area contributed by atoms with E-state index in [0.717, 1.165) is 19.6 Å². The highest BCUT2D eigenvalue weighted by Gasteiger charge is 2.42. The molecule has 2 fully saturated rings. The van der Waals surface area contributed by atoms with Gasteiger partial charge >= 0.3 is 0 Å². The summed E-state index contributed by atoms with van der Waals surface area (Å²) in [5.41, 5.74) is 1.24. The Kier molecular flexibility index (Phi) is 2.85. The molecule has 2 heterocycles. The predicted octanol–water partition coefficient (Wildman–Crippen LogP) is 1.76. The number of nitrogens with zero attached hydrogens (tertiary/aromatic N) is 1. The minimum atomic E-state index is 0.513. The summed E-state index contributed by atoms with van der Waals surface area (Å²) in [6.07, 6.45) is 8.01. The lowest BCUT2D eigenvalue weighted by molar-refractivity contribution is 0.266. The Balaban J connectivity index is 1.86. The van der Waals surface area contributed by atoms with Crippen LogP contribution in [0.15, 0.2) is 37.0 Å². The molecule has 0 saturated carbocycles. The van der Waals surface area contributed by atoms with E-state index in [1.165, 1.54) is 12.0 Å². The zero-order chi connectivity index (χ0) is 9.97. The third-order valence-electron chi connectivity index (χ3n) is 2.86. The van der Waals surface area contributed by atoms with Crippen LogP contribution in [0.5, 0.6) is 0 Å². The molecular weight excluding hydrogens is 174 g/mol. The molecule has 2 nitrogen and oxygen atoms in total. The van der Waals surface area contributed by atoms with Crippen molar-refractivity contribution in [3.8, 4) is 0 Å². The number of allylic oxidation sites excluding steroid dienone is 2. The van der Waals surface area contributed by atoms with Gasteiger partial charge in [-0.3, -0.25) is 4.90 Å². The highest BCUT2D eigenvalue weighted by atomic mass is 16.6. The molecule has 0 aromatic heterocycles. The summed E-state index contributed by atoms with van der Waals surface area (Å²) in [6, 6.07) is 0. The summed E-state index contributed by atoms with van der Waals surface area (Å²) in [5, 5.41) is 0. The molecule has 2 aliphatic heterocycles. The SMILES string of the molecule is C=C/C=C(\C=C)CN1CCC2OC2C1. The minimum Gasteiger partial charge on any atom is -0.368 e. The first-order valence-electron chi connectivity index (χ1n) is 5.15. The number of epoxide rings is 1. The number of hydrogen-bond acceptors (Lipinski definition) is 2. The third kappa shape index (κ3) is 2.14. The van der Waals surface area contributed by atoms with Crippen molar-refractivity contribution in [1.29, 1.82) is 0 Å². The van der Waals surface area contributed by atoms with E-state index >= 15 is 0 Å². The summed E-state index contributed by atoms with van der Waals surface area (Å²) < 4.78 is 5.48. The third-order valence-corrected chi connectivity index (χ3v) is 2.86. The minimum absolute atomic E-state index is 0.513. The van der Waals surface area contributed by atoms with Crippen molar-refractivity contribution < 1.29 is 4.74 Å². The first-order valence-corrected chi connectivity index (χ1v) is 5.15. The van der Waals surface area contributed by atoms with E-state index in [9.17, 15) is 0 Å². The normalized spacial score (nSPS) is 32.1. The van der Waals surface area contributed by atoms with Crippen LogP contribution in [-0.2, 0) is 4.74 Å². The van der Waals surface area contributed by atoms with E-state index < -0.39 is 0 Å². The first kappa shape index (κ1) is 9.69. The maximum Gasteiger partial charge on any atom is 0.0969 e. The van der Waals surface area contributed by atoms with Gasteiger partial charge in [-0.25, -0.2) is 0 Å². The van der Waals surface area contributed by atoms with Crippen LogP contribution in [0, 0.1) is 0 Å². The quantitative estimate of drug-likeness (QED) is 0.497. The summed E-state index contributed by atoms with van der Waals surface area (Å²) in [7, 11) is 0. The average molecular weight is 191 g/mol. The first-order chi connectivity index (χ1) is 6.83. The monoisotopic (exact) mass is 191 g/mol. The summed E-state index contributed by atoms with van der Waals surface area (Å²) in [4.78, 5) is 2.42. The Hall–Kier alpha value is -0.860. The van der Waals surface area contributed by atoms with Gasteiger partial charge in [-0.1, -0.05) is 31.4 Å². The van der Waals surface area contributed by atoms with Crippen LogP contribution in [0.1, 0.15) is 6.42 Å². The van der Waals surface area contributed by atoms with Crippen LogP contribution in [0.25, 0.3) is 0 Å². The predicted molar refractivity (Wildman–Crippen MR) is 58.2 cm³/mol. The van der Waals surface area contributed by atoms with Crippen molar-refractivity contribution in [3.63, 3.8) is 0 Å². The van der Waals surface area contributed by atoms with Crippen molar-refractivity contribution in [2.75, 3.05) is 19.6 Å². The van der Waals surface area contributed by atoms with Crippen LogP contribution in [0.2, 0.25) is 0 Å². The van der Waals surface area contributed by atoms with Crippen LogP contribution >= 0.6 is 0 Å². The maximum atomic E-state index is 5.48. The molecule has 0 radical (unpaired) electrons. The standard InChI is InChI=1S/C12H17NO/c1-3-5-10(4-2)8-13-7-6-11-12(9-13)14-11/h3-5,11-12H,1-2,6-9H2/b10-5+. The van der Waals surface area contributed by atoms with E-state index in [-0.39, 0.29) is 0 Å². The van der Waals surface area contributed by atoms with Gasteiger partial charge < -0.3 is 4.74 Å². The van der Waals surface area contributed by atoms with Gasteiger partial charge in [-0.2, -0.15) is 0 Å². The molecular formula is C12H17NO. The van der Waals surface area contributed by atoms with Gasteiger partial charge in [-0.15, -0.1) is 0 Å². The molecule has 2 aliphatic rings. The average Bonchev–Trinajstić information content (AvgIpc) is 2.95. The number of hydrogen-bond donors (Lipinski definition) is 0. The fraction of sp³-hybridized carbons (Fsp3) is 0.500. The Labute approximate surface area is 85.5 Å². The molecule has 2 atom stereocenters. The Morgan fingerprint density at radius 3 is 2.93 bits per heavy atom. The summed E-state index contributed by atoms with van der Waals surface area (Å²) in [5.74, 6) is 0. The van der Waals surface area contributed by atoms with Crippen LogP contribution in [0.3, 0.4) is 0 Å². The molecule has 0 aromatic carbocycles. The van der Waals surface area contributed by atoms with Gasteiger partial charge in [0.1, 0.15) is 0 Å². The molecule has 2 saturated heterocycles. The Bertz CT molecular complexity index is 269. The fourth-order valence-corrected chi connectivity index (χ4v) is 1.99. The van der Waals surface area contributed by atoms with Gasteiger partial charge in [0.25, 0.3) is 0 Å². The summed E-state index contributed by atoms with van der Waals surface area (Å²) in [6.45, 7) is 10.7. The van der Waals surface area contributed by atoms with E-state index in [1.54, 1.807) is 0 Å². The fourth-order valence-electron chi connectivity index (χ4n) is 1.99. The van der Waals surface area contributed by atoms with Crippen molar-refractivity contribution in [2.45, 2.75) is 18.6 Å². The second-order valence-corrected chi connectivity index (χ2v) is 3.92. The molecule has 0 spiro atoms. The molecule has 0 aromatic rings. The lowest BCUT2D eigenvalue weighted by Crippen LogP contribution is -2.35. The van der Waals surface area contributed by atoms with Crippen LogP contribution < -0.4 is 0 Å². The second-order valence-electron chi connectivity index (χ2n) is 3.92. The van der Waals surface area contributed by atoms with E-state index in [0.29, 0.717) is 12.2 Å². The van der Waals surface area contributed by atoms with Crippen LogP contribution in [-0.4, -0.2) is 36.7 Å². The Morgan fingerprint density at radius 1 is 1.43 bits per heavy atom. The molecule has 14 heavy (non-hydrogen) atoms. The van der Waals surface area contributed by atoms with Gasteiger partial charge in [0.2, 0.25) is 0 Å². The number of rotatable bonds is 4.